The lowest BCUT2D eigenvalue weighted by atomic mass is 9.97. The summed E-state index contributed by atoms with van der Waals surface area (Å²) in [6.45, 7) is 3.75. The zero-order valence-electron chi connectivity index (χ0n) is 27.3. The first-order chi connectivity index (χ1) is 23.0. The predicted molar refractivity (Wildman–Crippen MR) is 176 cm³/mol. The van der Waals surface area contributed by atoms with E-state index in [2.05, 4.69) is 26.6 Å². The molecule has 5 amide bonds. The highest BCUT2D eigenvalue weighted by atomic mass is 16.5. The summed E-state index contributed by atoms with van der Waals surface area (Å²) < 4.78 is 11.3. The van der Waals surface area contributed by atoms with Crippen molar-refractivity contribution in [3.05, 3.63) is 59.7 Å². The van der Waals surface area contributed by atoms with Gasteiger partial charge in [0.25, 0.3) is 0 Å². The number of carbonyl (C=O) groups is 5. The standard InChI is InChI=1S/C34H46N6O8/c1-20(2)31-34(46)39-26(16-21-5-9-23(10-6-21)47-15-3-4-30(43)40-31)28(41)18-36-27-17-22-7-11-24(12-8-22)48-19-37-32(44)25(38-33(27)45)13-14-29(35)42/h5-12,20,25-28,31,36,41H,3-4,13-19H2,1-2H3,(H2,35,42)(H,37,44)(H,38,45)(H,39,46)(H,40,43). The molecule has 0 aromatic heterocycles. The van der Waals surface area contributed by atoms with Gasteiger partial charge in [-0.15, -0.1) is 0 Å². The van der Waals surface area contributed by atoms with Gasteiger partial charge in [0.1, 0.15) is 23.6 Å². The number of nitrogens with one attached hydrogen (secondary N) is 5. The molecule has 0 aliphatic carbocycles. The fourth-order valence-corrected chi connectivity index (χ4v) is 5.50. The summed E-state index contributed by atoms with van der Waals surface area (Å²) in [5, 5.41) is 25.7. The highest BCUT2D eigenvalue weighted by Gasteiger charge is 2.31. The number of rotatable bonds is 8. The number of ether oxygens (including phenoxy) is 2. The van der Waals surface area contributed by atoms with Crippen LogP contribution in [0, 0.1) is 5.92 Å². The first-order valence-electron chi connectivity index (χ1n) is 16.3. The summed E-state index contributed by atoms with van der Waals surface area (Å²) >= 11 is 0. The second kappa shape index (κ2) is 17.5. The van der Waals surface area contributed by atoms with Crippen molar-refractivity contribution in [3.63, 3.8) is 0 Å². The lowest BCUT2D eigenvalue weighted by molar-refractivity contribution is -0.131. The monoisotopic (exact) mass is 666 g/mol. The molecule has 2 aromatic carbocycles. The molecule has 5 atom stereocenters. The van der Waals surface area contributed by atoms with Gasteiger partial charge in [0.15, 0.2) is 6.73 Å². The summed E-state index contributed by atoms with van der Waals surface area (Å²) in [4.78, 5) is 64.2. The van der Waals surface area contributed by atoms with Gasteiger partial charge in [-0.1, -0.05) is 38.1 Å². The van der Waals surface area contributed by atoms with E-state index in [1.807, 2.05) is 26.0 Å². The Kier molecular flexibility index (Phi) is 13.1. The number of hydrogen-bond acceptors (Lipinski definition) is 9. The maximum atomic E-state index is 13.6. The van der Waals surface area contributed by atoms with Crippen LogP contribution in [0.2, 0.25) is 0 Å². The molecule has 0 saturated heterocycles. The van der Waals surface area contributed by atoms with Crippen LogP contribution >= 0.6 is 0 Å². The van der Waals surface area contributed by atoms with Gasteiger partial charge < -0.3 is 46.9 Å². The van der Waals surface area contributed by atoms with Gasteiger partial charge in [0, 0.05) is 19.4 Å². The van der Waals surface area contributed by atoms with Crippen molar-refractivity contribution in [2.45, 2.75) is 82.6 Å². The first-order valence-corrected chi connectivity index (χ1v) is 16.3. The fraction of sp³-hybridized carbons (Fsp3) is 0.500. The lowest BCUT2D eigenvalue weighted by Gasteiger charge is -2.30. The maximum absolute atomic E-state index is 13.6. The maximum Gasteiger partial charge on any atom is 0.245 e. The van der Waals surface area contributed by atoms with Crippen LogP contribution in [-0.2, 0) is 36.8 Å². The number of amides is 5. The lowest BCUT2D eigenvalue weighted by Crippen LogP contribution is -2.58. The molecule has 2 aromatic rings. The summed E-state index contributed by atoms with van der Waals surface area (Å²) in [5.41, 5.74) is 6.93. The molecule has 4 bridgehead atoms. The first kappa shape index (κ1) is 36.2. The van der Waals surface area contributed by atoms with Crippen LogP contribution in [-0.4, -0.2) is 84.8 Å². The topological polar surface area (TPSA) is 210 Å². The molecule has 0 fully saturated rings. The molecular weight excluding hydrogens is 620 g/mol. The summed E-state index contributed by atoms with van der Waals surface area (Å²) in [5.74, 6) is -1.46. The third-order valence-electron chi connectivity index (χ3n) is 8.30. The van der Waals surface area contributed by atoms with E-state index in [1.54, 1.807) is 36.4 Å². The second-order valence-corrected chi connectivity index (χ2v) is 12.5. The molecule has 48 heavy (non-hydrogen) atoms. The third kappa shape index (κ3) is 10.9. The molecule has 4 heterocycles. The molecule has 0 radical (unpaired) electrons. The molecule has 14 heteroatoms. The van der Waals surface area contributed by atoms with E-state index in [0.717, 1.165) is 11.1 Å². The van der Waals surface area contributed by atoms with Gasteiger partial charge in [-0.25, -0.2) is 0 Å². The van der Waals surface area contributed by atoms with Crippen LogP contribution in [0.4, 0.5) is 0 Å². The Hall–Kier alpha value is -4.69. The Morgan fingerprint density at radius 1 is 0.896 bits per heavy atom. The SMILES string of the molecule is CC(C)C1NC(=O)CCCOc2ccc(cc2)CC(C(O)CNC2Cc3ccc(cc3)OCNC(=O)C(CCC(N)=O)NC2=O)NC1=O. The van der Waals surface area contributed by atoms with Crippen molar-refractivity contribution in [3.8, 4) is 11.5 Å². The predicted octanol–water partition coefficient (Wildman–Crippen LogP) is -0.194. The van der Waals surface area contributed by atoms with Crippen LogP contribution in [0.1, 0.15) is 50.7 Å². The minimum absolute atomic E-state index is 0.0165. The fourth-order valence-electron chi connectivity index (χ4n) is 5.50. The smallest absolute Gasteiger partial charge is 0.245 e. The van der Waals surface area contributed by atoms with E-state index in [9.17, 15) is 29.1 Å². The third-order valence-corrected chi connectivity index (χ3v) is 8.30. The number of carbonyl (C=O) groups excluding carboxylic acids is 5. The number of primary amides is 1. The van der Waals surface area contributed by atoms with Crippen molar-refractivity contribution in [2.24, 2.45) is 11.7 Å². The Labute approximate surface area is 279 Å². The molecule has 260 valence electrons. The number of hydrogen-bond donors (Lipinski definition) is 7. The minimum Gasteiger partial charge on any atom is -0.494 e. The normalized spacial score (nSPS) is 23.3. The highest BCUT2D eigenvalue weighted by molar-refractivity contribution is 5.90. The van der Waals surface area contributed by atoms with Crippen LogP contribution in [0.3, 0.4) is 0 Å². The van der Waals surface area contributed by atoms with Gasteiger partial charge in [-0.2, -0.15) is 0 Å². The van der Waals surface area contributed by atoms with Crippen molar-refractivity contribution in [2.75, 3.05) is 19.9 Å². The van der Waals surface area contributed by atoms with Gasteiger partial charge in [0.2, 0.25) is 29.5 Å². The summed E-state index contributed by atoms with van der Waals surface area (Å²) in [7, 11) is 0. The van der Waals surface area contributed by atoms with Gasteiger partial charge in [-0.3, -0.25) is 24.0 Å². The van der Waals surface area contributed by atoms with Crippen molar-refractivity contribution in [1.29, 1.82) is 0 Å². The number of benzene rings is 2. The van der Waals surface area contributed by atoms with Gasteiger partial charge in [-0.05, 0) is 67.0 Å². The zero-order chi connectivity index (χ0) is 34.6. The van der Waals surface area contributed by atoms with E-state index in [0.29, 0.717) is 24.5 Å². The molecular formula is C34H46N6O8. The van der Waals surface area contributed by atoms with Gasteiger partial charge >= 0.3 is 0 Å². The Bertz CT molecular complexity index is 1420. The number of fused-ring (bicyclic) bond motifs is 22. The second-order valence-electron chi connectivity index (χ2n) is 12.5. The van der Waals surface area contributed by atoms with E-state index in [-0.39, 0.29) is 57.2 Å². The molecule has 5 unspecified atom stereocenters. The van der Waals surface area contributed by atoms with Gasteiger partial charge in [0.05, 0.1) is 24.8 Å². The van der Waals surface area contributed by atoms with Crippen LogP contribution in [0.15, 0.2) is 48.5 Å². The van der Waals surface area contributed by atoms with E-state index in [1.165, 1.54) is 0 Å². The van der Waals surface area contributed by atoms with Crippen LogP contribution < -0.4 is 41.8 Å². The van der Waals surface area contributed by atoms with E-state index < -0.39 is 53.9 Å². The molecule has 0 spiro atoms. The number of aliphatic hydroxyl groups excluding tert-OH is 1. The average molecular weight is 667 g/mol. The van der Waals surface area contributed by atoms with E-state index in [4.69, 9.17) is 15.2 Å². The minimum atomic E-state index is -1.17. The summed E-state index contributed by atoms with van der Waals surface area (Å²) in [6.07, 6.45) is -0.196. The van der Waals surface area contributed by atoms with Crippen molar-refractivity contribution >= 4 is 29.5 Å². The number of aliphatic hydroxyl groups is 1. The highest BCUT2D eigenvalue weighted by Crippen LogP contribution is 2.17. The Morgan fingerprint density at radius 2 is 1.54 bits per heavy atom. The molecule has 6 rings (SSSR count). The zero-order valence-corrected chi connectivity index (χ0v) is 27.3. The molecule has 14 nitrogen and oxygen atoms in total. The van der Waals surface area contributed by atoms with Crippen LogP contribution in [0.5, 0.6) is 11.5 Å². The number of nitrogens with two attached hydrogens (primary N) is 1. The molecule has 0 saturated carbocycles. The molecule has 4 aliphatic rings. The van der Waals surface area contributed by atoms with E-state index >= 15 is 0 Å². The molecule has 4 aliphatic heterocycles. The quantitative estimate of drug-likeness (QED) is 0.199. The largest absolute Gasteiger partial charge is 0.494 e. The Morgan fingerprint density at radius 3 is 2.19 bits per heavy atom. The average Bonchev–Trinajstić information content (AvgIpc) is 3.06. The summed E-state index contributed by atoms with van der Waals surface area (Å²) in [6, 6.07) is 10.7. The van der Waals surface area contributed by atoms with Crippen molar-refractivity contribution < 1.29 is 38.6 Å². The van der Waals surface area contributed by atoms with Crippen molar-refractivity contribution in [1.82, 2.24) is 26.6 Å². The van der Waals surface area contributed by atoms with Crippen LogP contribution in [0.25, 0.3) is 0 Å². The molecule has 8 N–H and O–H groups in total. The Balaban J connectivity index is 1.55.